The van der Waals surface area contributed by atoms with Gasteiger partial charge in [-0.1, -0.05) is 6.07 Å². The van der Waals surface area contributed by atoms with Crippen molar-refractivity contribution in [1.29, 1.82) is 0 Å². The Hall–Kier alpha value is -1.78. The van der Waals surface area contributed by atoms with Crippen LogP contribution in [0, 0.1) is 21.4 Å². The number of hydrogen-bond acceptors (Lipinski definition) is 4. The van der Waals surface area contributed by atoms with Gasteiger partial charge >= 0.3 is 5.69 Å². The molecule has 0 aliphatic heterocycles. The number of ether oxygens (including phenoxy) is 1. The highest BCUT2D eigenvalue weighted by molar-refractivity contribution is 5.68. The van der Waals surface area contributed by atoms with Gasteiger partial charge in [-0.3, -0.25) is 10.1 Å². The van der Waals surface area contributed by atoms with E-state index in [-0.39, 0.29) is 10.6 Å². The summed E-state index contributed by atoms with van der Waals surface area (Å²) < 4.78 is 5.07. The smallest absolute Gasteiger partial charge is 0.333 e. The van der Waals surface area contributed by atoms with Crippen LogP contribution in [-0.4, -0.2) is 18.6 Å². The van der Waals surface area contributed by atoms with E-state index >= 15 is 0 Å². The molecule has 0 heterocycles. The van der Waals surface area contributed by atoms with Crippen molar-refractivity contribution in [2.75, 3.05) is 19.0 Å². The number of rotatable bonds is 6. The quantitative estimate of drug-likeness (QED) is 0.631. The maximum Gasteiger partial charge on any atom is 0.333 e. The number of nitro benzene ring substituents is 1. The second-order valence-corrected chi connectivity index (χ2v) is 5.60. The molecule has 5 heteroatoms. The van der Waals surface area contributed by atoms with Crippen LogP contribution in [0.25, 0.3) is 0 Å². The normalized spacial score (nSPS) is 19.8. The third-order valence-corrected chi connectivity index (χ3v) is 4.37. The summed E-state index contributed by atoms with van der Waals surface area (Å²) in [6, 6.07) is 5.16. The lowest BCUT2D eigenvalue weighted by molar-refractivity contribution is -0.384. The summed E-state index contributed by atoms with van der Waals surface area (Å²) in [6.45, 7) is 0.839. The number of methoxy groups -OCH3 is 1. The molecule has 1 aromatic carbocycles. The summed E-state index contributed by atoms with van der Waals surface area (Å²) in [5.74, 6) is 1.15. The molecule has 0 aromatic heterocycles. The van der Waals surface area contributed by atoms with Crippen molar-refractivity contribution in [2.24, 2.45) is 11.3 Å². The van der Waals surface area contributed by atoms with Gasteiger partial charge in [-0.05, 0) is 49.1 Å². The lowest BCUT2D eigenvalue weighted by atomic mass is 10.0. The van der Waals surface area contributed by atoms with E-state index < -0.39 is 0 Å². The zero-order chi connectivity index (χ0) is 13.5. The minimum Gasteiger partial charge on any atom is -0.490 e. The van der Waals surface area contributed by atoms with Crippen LogP contribution in [0.2, 0.25) is 0 Å². The van der Waals surface area contributed by atoms with E-state index in [4.69, 9.17) is 4.74 Å². The predicted octanol–water partition coefficient (Wildman–Crippen LogP) is 3.21. The largest absolute Gasteiger partial charge is 0.490 e. The van der Waals surface area contributed by atoms with Gasteiger partial charge in [0.15, 0.2) is 5.75 Å². The van der Waals surface area contributed by atoms with Gasteiger partial charge in [0.05, 0.1) is 12.0 Å². The van der Waals surface area contributed by atoms with Crippen LogP contribution in [0.15, 0.2) is 18.2 Å². The summed E-state index contributed by atoms with van der Waals surface area (Å²) in [4.78, 5) is 10.8. The molecule has 1 aromatic rings. The van der Waals surface area contributed by atoms with Crippen molar-refractivity contribution >= 4 is 11.4 Å². The van der Waals surface area contributed by atoms with Crippen LogP contribution in [0.3, 0.4) is 0 Å². The van der Waals surface area contributed by atoms with Crippen LogP contribution < -0.4 is 10.1 Å². The molecule has 0 atom stereocenters. The Labute approximate surface area is 112 Å². The Balaban J connectivity index is 1.78. The third kappa shape index (κ3) is 2.25. The fourth-order valence-electron chi connectivity index (χ4n) is 2.87. The number of benzene rings is 1. The summed E-state index contributed by atoms with van der Waals surface area (Å²) in [5.41, 5.74) is 1.02. The first-order valence-corrected chi connectivity index (χ1v) is 6.71. The summed E-state index contributed by atoms with van der Waals surface area (Å²) >= 11 is 0. The highest BCUT2D eigenvalue weighted by atomic mass is 16.6. The Morgan fingerprint density at radius 2 is 2.21 bits per heavy atom. The molecule has 0 radical (unpaired) electrons. The Bertz CT molecular complexity index is 507. The van der Waals surface area contributed by atoms with E-state index in [0.717, 1.165) is 12.5 Å². The van der Waals surface area contributed by atoms with Gasteiger partial charge in [0.25, 0.3) is 0 Å². The van der Waals surface area contributed by atoms with Crippen LogP contribution in [0.5, 0.6) is 5.75 Å². The number of nitrogens with one attached hydrogen (secondary N) is 1. The lowest BCUT2D eigenvalue weighted by Crippen LogP contribution is -2.18. The van der Waals surface area contributed by atoms with Crippen molar-refractivity contribution in [3.05, 3.63) is 28.3 Å². The Morgan fingerprint density at radius 1 is 1.47 bits per heavy atom. The molecular weight excluding hydrogens is 244 g/mol. The molecule has 1 N–H and O–H groups in total. The molecule has 102 valence electrons. The van der Waals surface area contributed by atoms with Gasteiger partial charge in [-0.2, -0.15) is 0 Å². The molecule has 0 bridgehead atoms. The predicted molar refractivity (Wildman–Crippen MR) is 72.5 cm³/mol. The SMILES string of the molecule is COc1cccc(NCC2(C3CC3)CC2)c1[N+](=O)[O-]. The molecule has 2 saturated carbocycles. The van der Waals surface area contributed by atoms with Crippen molar-refractivity contribution in [3.8, 4) is 5.75 Å². The number of anilines is 1. The number of nitro groups is 1. The zero-order valence-electron chi connectivity index (χ0n) is 11.0. The number of para-hydroxylation sites is 1. The van der Waals surface area contributed by atoms with Gasteiger partial charge in [-0.15, -0.1) is 0 Å². The van der Waals surface area contributed by atoms with Gasteiger partial charge in [0.2, 0.25) is 0 Å². The van der Waals surface area contributed by atoms with Gasteiger partial charge in [0.1, 0.15) is 5.69 Å². The fourth-order valence-corrected chi connectivity index (χ4v) is 2.87. The molecule has 0 saturated heterocycles. The van der Waals surface area contributed by atoms with E-state index in [1.165, 1.54) is 32.8 Å². The summed E-state index contributed by atoms with van der Waals surface area (Å²) in [7, 11) is 1.46. The zero-order valence-corrected chi connectivity index (χ0v) is 11.0. The van der Waals surface area contributed by atoms with E-state index in [9.17, 15) is 10.1 Å². The molecule has 0 spiro atoms. The fraction of sp³-hybridized carbons (Fsp3) is 0.571. The van der Waals surface area contributed by atoms with Crippen LogP contribution in [-0.2, 0) is 0 Å². The third-order valence-electron chi connectivity index (χ3n) is 4.37. The first kappa shape index (κ1) is 12.3. The monoisotopic (exact) mass is 262 g/mol. The Morgan fingerprint density at radius 3 is 2.74 bits per heavy atom. The number of nitrogens with zero attached hydrogens (tertiary/aromatic N) is 1. The molecule has 2 aliphatic carbocycles. The molecule has 0 amide bonds. The van der Waals surface area contributed by atoms with Crippen molar-refractivity contribution in [3.63, 3.8) is 0 Å². The second-order valence-electron chi connectivity index (χ2n) is 5.60. The van der Waals surface area contributed by atoms with Gasteiger partial charge in [0, 0.05) is 6.54 Å². The average molecular weight is 262 g/mol. The topological polar surface area (TPSA) is 64.4 Å². The maximum atomic E-state index is 11.2. The highest BCUT2D eigenvalue weighted by Crippen LogP contribution is 2.61. The lowest BCUT2D eigenvalue weighted by Gasteiger charge is -2.16. The minimum absolute atomic E-state index is 0.0385. The molecule has 19 heavy (non-hydrogen) atoms. The first-order valence-electron chi connectivity index (χ1n) is 6.71. The second kappa shape index (κ2) is 4.40. The van der Waals surface area contributed by atoms with Crippen LogP contribution in [0.1, 0.15) is 25.7 Å². The van der Waals surface area contributed by atoms with Crippen molar-refractivity contribution in [1.82, 2.24) is 0 Å². The number of hydrogen-bond donors (Lipinski definition) is 1. The summed E-state index contributed by atoms with van der Waals surface area (Å²) in [6.07, 6.45) is 5.15. The van der Waals surface area contributed by atoms with Crippen LogP contribution in [0.4, 0.5) is 11.4 Å². The van der Waals surface area contributed by atoms with Crippen molar-refractivity contribution < 1.29 is 9.66 Å². The van der Waals surface area contributed by atoms with E-state index in [2.05, 4.69) is 5.32 Å². The van der Waals surface area contributed by atoms with Gasteiger partial charge < -0.3 is 10.1 Å². The first-order chi connectivity index (χ1) is 9.16. The maximum absolute atomic E-state index is 11.2. The van der Waals surface area contributed by atoms with Crippen LogP contribution >= 0.6 is 0 Å². The standard InChI is InChI=1S/C14H18N2O3/c1-19-12-4-2-3-11(13(12)16(17)18)15-9-14(7-8-14)10-5-6-10/h2-4,10,15H,5-9H2,1H3. The molecule has 3 rings (SSSR count). The molecule has 5 nitrogen and oxygen atoms in total. The van der Waals surface area contributed by atoms with E-state index in [1.807, 2.05) is 0 Å². The molecular formula is C14H18N2O3. The summed E-state index contributed by atoms with van der Waals surface area (Å²) in [5, 5.41) is 14.4. The molecule has 2 fully saturated rings. The highest BCUT2D eigenvalue weighted by Gasteiger charge is 2.53. The average Bonchev–Trinajstić information content (AvgIpc) is 3.27. The van der Waals surface area contributed by atoms with Gasteiger partial charge in [-0.25, -0.2) is 0 Å². The van der Waals surface area contributed by atoms with E-state index in [1.54, 1.807) is 18.2 Å². The molecule has 2 aliphatic rings. The minimum atomic E-state index is -0.377. The molecule has 0 unspecified atom stereocenters. The van der Waals surface area contributed by atoms with E-state index in [0.29, 0.717) is 16.9 Å². The van der Waals surface area contributed by atoms with Crippen molar-refractivity contribution in [2.45, 2.75) is 25.7 Å². The Kier molecular flexibility index (Phi) is 2.84.